The highest BCUT2D eigenvalue weighted by Gasteiger charge is 2.52. The molecule has 1 aliphatic heterocycles. The number of imide groups is 1. The number of ether oxygens (including phenoxy) is 1. The topological polar surface area (TPSA) is 105 Å². The molecular formula is C21H29N3O5. The molecule has 1 aromatic carbocycles. The van der Waals surface area contributed by atoms with Gasteiger partial charge in [-0.1, -0.05) is 57.5 Å². The van der Waals surface area contributed by atoms with Gasteiger partial charge < -0.3 is 15.4 Å². The summed E-state index contributed by atoms with van der Waals surface area (Å²) in [5, 5.41) is 5.35. The Hall–Kier alpha value is -2.90. The lowest BCUT2D eigenvalue weighted by Crippen LogP contribution is -2.48. The van der Waals surface area contributed by atoms with Gasteiger partial charge in [0.25, 0.3) is 5.91 Å². The zero-order valence-electron chi connectivity index (χ0n) is 17.4. The van der Waals surface area contributed by atoms with Crippen LogP contribution in [0.15, 0.2) is 30.3 Å². The quantitative estimate of drug-likeness (QED) is 0.484. The molecule has 158 valence electrons. The minimum absolute atomic E-state index is 0.145. The van der Waals surface area contributed by atoms with Crippen LogP contribution in [0.5, 0.6) is 0 Å². The summed E-state index contributed by atoms with van der Waals surface area (Å²) in [4.78, 5) is 51.1. The van der Waals surface area contributed by atoms with Crippen molar-refractivity contribution in [2.24, 2.45) is 5.92 Å². The second-order valence-corrected chi connectivity index (χ2v) is 7.62. The van der Waals surface area contributed by atoms with E-state index in [-0.39, 0.29) is 5.92 Å². The van der Waals surface area contributed by atoms with E-state index < -0.39 is 41.9 Å². The van der Waals surface area contributed by atoms with E-state index in [9.17, 15) is 19.2 Å². The van der Waals surface area contributed by atoms with Crippen molar-refractivity contribution in [3.05, 3.63) is 35.9 Å². The summed E-state index contributed by atoms with van der Waals surface area (Å²) < 4.78 is 4.74. The Bertz CT molecular complexity index is 765. The van der Waals surface area contributed by atoms with Gasteiger partial charge >= 0.3 is 12.0 Å². The molecule has 1 heterocycles. The smallest absolute Gasteiger partial charge is 0.328 e. The van der Waals surface area contributed by atoms with Gasteiger partial charge in [0.2, 0.25) is 5.91 Å². The predicted molar refractivity (Wildman–Crippen MR) is 107 cm³/mol. The van der Waals surface area contributed by atoms with Crippen LogP contribution in [0.1, 0.15) is 45.6 Å². The zero-order valence-corrected chi connectivity index (χ0v) is 17.4. The normalized spacial score (nSPS) is 19.8. The highest BCUT2D eigenvalue weighted by Crippen LogP contribution is 2.33. The maximum atomic E-state index is 13.2. The van der Waals surface area contributed by atoms with E-state index in [4.69, 9.17) is 4.74 Å². The fraction of sp³-hybridized carbons (Fsp3) is 0.524. The summed E-state index contributed by atoms with van der Waals surface area (Å²) in [6.45, 7) is 5.29. The minimum atomic E-state index is -1.19. The third-order valence-corrected chi connectivity index (χ3v) is 4.90. The van der Waals surface area contributed by atoms with Crippen LogP contribution in [-0.4, -0.2) is 48.4 Å². The monoisotopic (exact) mass is 403 g/mol. The number of carbonyl (C=O) groups excluding carboxylic acids is 4. The number of hydrogen-bond donors (Lipinski definition) is 2. The fourth-order valence-corrected chi connectivity index (χ4v) is 3.59. The van der Waals surface area contributed by atoms with Gasteiger partial charge in [-0.2, -0.15) is 0 Å². The van der Waals surface area contributed by atoms with Gasteiger partial charge in [0, 0.05) is 0 Å². The van der Waals surface area contributed by atoms with Crippen LogP contribution < -0.4 is 10.6 Å². The molecule has 8 nitrogen and oxygen atoms in total. The van der Waals surface area contributed by atoms with Crippen LogP contribution in [0.4, 0.5) is 4.79 Å². The van der Waals surface area contributed by atoms with Gasteiger partial charge in [-0.3, -0.25) is 14.5 Å². The van der Waals surface area contributed by atoms with Crippen LogP contribution in [0, 0.1) is 5.92 Å². The fourth-order valence-electron chi connectivity index (χ4n) is 3.59. The van der Waals surface area contributed by atoms with Gasteiger partial charge in [-0.15, -0.1) is 0 Å². The van der Waals surface area contributed by atoms with Crippen LogP contribution in [0.25, 0.3) is 0 Å². The third-order valence-electron chi connectivity index (χ3n) is 4.90. The van der Waals surface area contributed by atoms with Crippen molar-refractivity contribution >= 4 is 23.8 Å². The Morgan fingerprint density at radius 3 is 2.41 bits per heavy atom. The lowest BCUT2D eigenvalue weighted by atomic mass is 9.85. The summed E-state index contributed by atoms with van der Waals surface area (Å²) in [5.41, 5.74) is -0.511. The first-order valence-corrected chi connectivity index (χ1v) is 9.82. The summed E-state index contributed by atoms with van der Waals surface area (Å²) in [6.07, 6.45) is 1.47. The van der Waals surface area contributed by atoms with Crippen molar-refractivity contribution in [1.29, 1.82) is 0 Å². The number of carbonyl (C=O) groups is 4. The number of nitrogens with one attached hydrogen (secondary N) is 2. The molecule has 0 aliphatic carbocycles. The minimum Gasteiger partial charge on any atom is -0.467 e. The molecule has 1 aromatic rings. The van der Waals surface area contributed by atoms with E-state index in [1.165, 1.54) is 7.11 Å². The lowest BCUT2D eigenvalue weighted by molar-refractivity contribution is -0.145. The van der Waals surface area contributed by atoms with E-state index >= 15 is 0 Å². The Labute approximate surface area is 171 Å². The molecule has 0 radical (unpaired) electrons. The van der Waals surface area contributed by atoms with Crippen molar-refractivity contribution < 1.29 is 23.9 Å². The van der Waals surface area contributed by atoms with Crippen molar-refractivity contribution in [1.82, 2.24) is 15.5 Å². The van der Waals surface area contributed by atoms with E-state index in [1.54, 1.807) is 24.3 Å². The van der Waals surface area contributed by atoms with Crippen LogP contribution in [-0.2, 0) is 24.7 Å². The zero-order chi connectivity index (χ0) is 21.6. The Morgan fingerprint density at radius 2 is 1.86 bits per heavy atom. The van der Waals surface area contributed by atoms with Crippen LogP contribution in [0.2, 0.25) is 0 Å². The largest absolute Gasteiger partial charge is 0.467 e. The molecule has 0 bridgehead atoms. The molecule has 4 amide bonds. The number of methoxy groups -OCH3 is 1. The maximum absolute atomic E-state index is 13.2. The van der Waals surface area contributed by atoms with Gasteiger partial charge in [0.05, 0.1) is 7.11 Å². The average Bonchev–Trinajstić information content (AvgIpc) is 2.92. The van der Waals surface area contributed by atoms with Gasteiger partial charge in [-0.25, -0.2) is 9.59 Å². The Balaban J connectivity index is 2.18. The lowest BCUT2D eigenvalue weighted by Gasteiger charge is -2.27. The number of rotatable bonds is 9. The molecule has 0 unspecified atom stereocenters. The second-order valence-electron chi connectivity index (χ2n) is 7.62. The van der Waals surface area contributed by atoms with Gasteiger partial charge in [-0.05, 0) is 24.3 Å². The first-order valence-electron chi connectivity index (χ1n) is 9.82. The summed E-state index contributed by atoms with van der Waals surface area (Å²) in [6, 6.07) is 7.55. The number of amides is 4. The molecule has 1 fully saturated rings. The van der Waals surface area contributed by atoms with Gasteiger partial charge in [0.15, 0.2) is 0 Å². The maximum Gasteiger partial charge on any atom is 0.328 e. The molecule has 0 aromatic heterocycles. The summed E-state index contributed by atoms with van der Waals surface area (Å²) in [7, 11) is 1.25. The van der Waals surface area contributed by atoms with Gasteiger partial charge in [0.1, 0.15) is 18.1 Å². The third kappa shape index (κ3) is 4.93. The number of urea groups is 1. The molecule has 2 atom stereocenters. The molecule has 0 spiro atoms. The predicted octanol–water partition coefficient (Wildman–Crippen LogP) is 1.94. The molecule has 29 heavy (non-hydrogen) atoms. The number of esters is 1. The molecule has 0 saturated carbocycles. The molecule has 1 aliphatic rings. The molecule has 2 N–H and O–H groups in total. The average molecular weight is 403 g/mol. The van der Waals surface area contributed by atoms with E-state index in [0.29, 0.717) is 24.8 Å². The van der Waals surface area contributed by atoms with Crippen molar-refractivity contribution in [2.45, 2.75) is 51.6 Å². The van der Waals surface area contributed by atoms with E-state index in [2.05, 4.69) is 10.6 Å². The molecular weight excluding hydrogens is 374 g/mol. The highest BCUT2D eigenvalue weighted by molar-refractivity contribution is 6.09. The molecule has 2 rings (SSSR count). The molecule has 8 heteroatoms. The summed E-state index contributed by atoms with van der Waals surface area (Å²) >= 11 is 0. The summed E-state index contributed by atoms with van der Waals surface area (Å²) in [5.74, 6) is -1.48. The van der Waals surface area contributed by atoms with E-state index in [1.807, 2.05) is 26.8 Å². The number of hydrogen-bond acceptors (Lipinski definition) is 5. The highest BCUT2D eigenvalue weighted by atomic mass is 16.5. The Kier molecular flexibility index (Phi) is 7.36. The molecule has 1 saturated heterocycles. The second kappa shape index (κ2) is 9.54. The first-order chi connectivity index (χ1) is 13.7. The first kappa shape index (κ1) is 22.4. The van der Waals surface area contributed by atoms with Crippen LogP contribution >= 0.6 is 0 Å². The number of benzene rings is 1. The number of nitrogens with zero attached hydrogens (tertiary/aromatic N) is 1. The Morgan fingerprint density at radius 1 is 1.21 bits per heavy atom. The van der Waals surface area contributed by atoms with Crippen molar-refractivity contribution in [3.8, 4) is 0 Å². The van der Waals surface area contributed by atoms with Crippen molar-refractivity contribution in [3.63, 3.8) is 0 Å². The van der Waals surface area contributed by atoms with Crippen molar-refractivity contribution in [2.75, 3.05) is 13.7 Å². The SMILES string of the molecule is CCC[C@]1(c2ccccc2)NC(=O)N(CC(=O)N[C@H](CC(C)C)C(=O)OC)C1=O. The van der Waals surface area contributed by atoms with E-state index in [0.717, 1.165) is 4.90 Å². The van der Waals surface area contributed by atoms with Crippen LogP contribution in [0.3, 0.4) is 0 Å². The standard InChI is InChI=1S/C21H29N3O5/c1-5-11-21(15-9-7-6-8-10-15)19(27)24(20(28)23-21)13-17(25)22-16(12-14(2)3)18(26)29-4/h6-10,14,16H,5,11-13H2,1-4H3,(H,22,25)(H,23,28)/t16-,21-/m1/s1.